The number of hydrogen-bond donors (Lipinski definition) is 1. The third-order valence-electron chi connectivity index (χ3n) is 7.80. The van der Waals surface area contributed by atoms with Crippen LogP contribution in [0.25, 0.3) is 10.4 Å². The molecular formula is C29H31N3O4S. The van der Waals surface area contributed by atoms with Crippen molar-refractivity contribution in [1.82, 2.24) is 15.2 Å². The monoisotopic (exact) mass is 517 g/mol. The maximum Gasteiger partial charge on any atom is 0.274 e. The SMILES string of the molecule is Cc1cccc(-c2sc(C)nc2C(=O)N2CC3CCC[C@@H]3C2CNC(=O)c2cccc3c2OCCO3)c1. The second-order valence-corrected chi connectivity index (χ2v) is 11.4. The van der Waals surface area contributed by atoms with Gasteiger partial charge in [-0.15, -0.1) is 11.3 Å². The second-order valence-electron chi connectivity index (χ2n) is 10.2. The summed E-state index contributed by atoms with van der Waals surface area (Å²) >= 11 is 1.56. The van der Waals surface area contributed by atoms with Gasteiger partial charge in [0.2, 0.25) is 0 Å². The molecule has 2 amide bonds. The highest BCUT2D eigenvalue weighted by Gasteiger charge is 2.47. The van der Waals surface area contributed by atoms with E-state index in [0.29, 0.717) is 60.9 Å². The van der Waals surface area contributed by atoms with Crippen LogP contribution in [0.1, 0.15) is 50.7 Å². The number of fused-ring (bicyclic) bond motifs is 2. The van der Waals surface area contributed by atoms with Crippen LogP contribution in [0.15, 0.2) is 42.5 Å². The minimum atomic E-state index is -0.207. The lowest BCUT2D eigenvalue weighted by atomic mass is 9.94. The summed E-state index contributed by atoms with van der Waals surface area (Å²) in [6, 6.07) is 13.5. The fourth-order valence-corrected chi connectivity index (χ4v) is 7.05. The first-order valence-electron chi connectivity index (χ1n) is 13.0. The Morgan fingerprint density at radius 3 is 2.81 bits per heavy atom. The molecule has 1 aliphatic carbocycles. The number of amides is 2. The standard InChI is InChI=1S/C29H31N3O4S/c1-17-6-3-7-19(14-17)27-25(31-18(2)37-27)29(34)32-16-20-8-4-9-21(20)23(32)15-30-28(33)22-10-5-11-24-26(22)36-13-12-35-24/h3,5-7,10-11,14,20-21,23H,4,8-9,12-13,15-16H2,1-2H3,(H,30,33)/t20?,21-,23?/m0/s1. The lowest BCUT2D eigenvalue weighted by Crippen LogP contribution is -2.46. The Bertz CT molecular complexity index is 1350. The highest BCUT2D eigenvalue weighted by molar-refractivity contribution is 7.15. The lowest BCUT2D eigenvalue weighted by molar-refractivity contribution is 0.0696. The number of likely N-dealkylation sites (tertiary alicyclic amines) is 1. The Balaban J connectivity index is 1.25. The molecule has 3 heterocycles. The molecule has 0 bridgehead atoms. The van der Waals surface area contributed by atoms with E-state index in [1.165, 1.54) is 6.42 Å². The van der Waals surface area contributed by atoms with Gasteiger partial charge in [0.15, 0.2) is 11.5 Å². The fourth-order valence-electron chi connectivity index (χ4n) is 6.15. The van der Waals surface area contributed by atoms with Crippen LogP contribution < -0.4 is 14.8 Å². The quantitative estimate of drug-likeness (QED) is 0.522. The summed E-state index contributed by atoms with van der Waals surface area (Å²) in [5, 5.41) is 3.99. The van der Waals surface area contributed by atoms with Crippen molar-refractivity contribution in [2.45, 2.75) is 39.2 Å². The Hall–Kier alpha value is -3.39. The van der Waals surface area contributed by atoms with Crippen LogP contribution in [-0.2, 0) is 0 Å². The number of carbonyl (C=O) groups is 2. The van der Waals surface area contributed by atoms with E-state index in [1.807, 2.05) is 30.0 Å². The van der Waals surface area contributed by atoms with Gasteiger partial charge in [-0.1, -0.05) is 42.3 Å². The van der Waals surface area contributed by atoms with E-state index >= 15 is 0 Å². The molecule has 2 aromatic carbocycles. The minimum absolute atomic E-state index is 0.0386. The third-order valence-corrected chi connectivity index (χ3v) is 8.82. The van der Waals surface area contributed by atoms with Crippen molar-refractivity contribution >= 4 is 23.2 Å². The van der Waals surface area contributed by atoms with Crippen LogP contribution in [0.3, 0.4) is 0 Å². The number of thiazole rings is 1. The van der Waals surface area contributed by atoms with Gasteiger partial charge in [0, 0.05) is 13.1 Å². The molecule has 1 saturated carbocycles. The Labute approximate surface area is 220 Å². The summed E-state index contributed by atoms with van der Waals surface area (Å²) in [5.41, 5.74) is 3.16. The van der Waals surface area contributed by atoms with Crippen LogP contribution in [0.4, 0.5) is 0 Å². The molecule has 6 rings (SSSR count). The van der Waals surface area contributed by atoms with E-state index in [-0.39, 0.29) is 17.9 Å². The predicted molar refractivity (Wildman–Crippen MR) is 142 cm³/mol. The summed E-state index contributed by atoms with van der Waals surface area (Å²) in [6.45, 7) is 6.01. The predicted octanol–water partition coefficient (Wildman–Crippen LogP) is 4.87. The molecule has 2 aliphatic heterocycles. The first kappa shape index (κ1) is 24.0. The molecule has 7 nitrogen and oxygen atoms in total. The summed E-state index contributed by atoms with van der Waals surface area (Å²) in [4.78, 5) is 34.8. The number of rotatable bonds is 5. The van der Waals surface area contributed by atoms with E-state index < -0.39 is 0 Å². The second kappa shape index (κ2) is 9.82. The van der Waals surface area contributed by atoms with Crippen LogP contribution in [0.5, 0.6) is 11.5 Å². The van der Waals surface area contributed by atoms with E-state index in [1.54, 1.807) is 23.5 Å². The van der Waals surface area contributed by atoms with Crippen molar-refractivity contribution in [1.29, 1.82) is 0 Å². The molecule has 192 valence electrons. The Kier molecular flexibility index (Phi) is 6.36. The Morgan fingerprint density at radius 1 is 1.11 bits per heavy atom. The van der Waals surface area contributed by atoms with Gasteiger partial charge in [0.05, 0.1) is 21.5 Å². The zero-order chi connectivity index (χ0) is 25.5. The van der Waals surface area contributed by atoms with Crippen molar-refractivity contribution in [3.8, 4) is 21.9 Å². The number of ether oxygens (including phenoxy) is 2. The molecule has 3 aromatic rings. The fraction of sp³-hybridized carbons (Fsp3) is 0.414. The number of carbonyl (C=O) groups excluding carboxylic acids is 2. The van der Waals surface area contributed by atoms with Crippen LogP contribution in [0, 0.1) is 25.7 Å². The molecule has 1 N–H and O–H groups in total. The molecule has 8 heteroatoms. The van der Waals surface area contributed by atoms with Crippen molar-refractivity contribution < 1.29 is 19.1 Å². The van der Waals surface area contributed by atoms with E-state index in [9.17, 15) is 9.59 Å². The zero-order valence-corrected chi connectivity index (χ0v) is 22.0. The van der Waals surface area contributed by atoms with Gasteiger partial charge in [-0.25, -0.2) is 4.98 Å². The number of aromatic nitrogens is 1. The lowest BCUT2D eigenvalue weighted by Gasteiger charge is -2.28. The van der Waals surface area contributed by atoms with Gasteiger partial charge >= 0.3 is 0 Å². The number of nitrogens with zero attached hydrogens (tertiary/aromatic N) is 2. The van der Waals surface area contributed by atoms with Crippen LogP contribution >= 0.6 is 11.3 Å². The smallest absolute Gasteiger partial charge is 0.274 e. The van der Waals surface area contributed by atoms with Crippen molar-refractivity contribution in [3.63, 3.8) is 0 Å². The molecule has 1 saturated heterocycles. The average Bonchev–Trinajstić information content (AvgIpc) is 3.61. The van der Waals surface area contributed by atoms with Gasteiger partial charge in [0.25, 0.3) is 11.8 Å². The van der Waals surface area contributed by atoms with E-state index in [4.69, 9.17) is 14.5 Å². The Morgan fingerprint density at radius 2 is 1.95 bits per heavy atom. The van der Waals surface area contributed by atoms with Gasteiger partial charge in [0.1, 0.15) is 18.9 Å². The normalized spacial score (nSPS) is 22.1. The molecule has 2 fully saturated rings. The van der Waals surface area contributed by atoms with Gasteiger partial charge < -0.3 is 19.7 Å². The minimum Gasteiger partial charge on any atom is -0.486 e. The van der Waals surface area contributed by atoms with Crippen molar-refractivity contribution in [2.75, 3.05) is 26.3 Å². The summed E-state index contributed by atoms with van der Waals surface area (Å²) < 4.78 is 11.4. The van der Waals surface area contributed by atoms with E-state index in [0.717, 1.165) is 33.9 Å². The summed E-state index contributed by atoms with van der Waals surface area (Å²) in [6.07, 6.45) is 3.37. The average molecular weight is 518 g/mol. The third kappa shape index (κ3) is 4.48. The molecule has 3 aliphatic rings. The molecule has 37 heavy (non-hydrogen) atoms. The zero-order valence-electron chi connectivity index (χ0n) is 21.2. The number of hydrogen-bond acceptors (Lipinski definition) is 6. The molecule has 0 spiro atoms. The maximum atomic E-state index is 14.0. The molecule has 3 atom stereocenters. The number of benzene rings is 2. The largest absolute Gasteiger partial charge is 0.486 e. The van der Waals surface area contributed by atoms with Gasteiger partial charge in [-0.2, -0.15) is 0 Å². The highest BCUT2D eigenvalue weighted by Crippen LogP contribution is 2.43. The topological polar surface area (TPSA) is 80.8 Å². The molecule has 1 aromatic heterocycles. The first-order chi connectivity index (χ1) is 18.0. The van der Waals surface area contributed by atoms with Gasteiger partial charge in [-0.05, 0) is 56.2 Å². The first-order valence-corrected chi connectivity index (χ1v) is 13.8. The summed E-state index contributed by atoms with van der Waals surface area (Å²) in [7, 11) is 0. The molecule has 0 radical (unpaired) electrons. The van der Waals surface area contributed by atoms with Crippen molar-refractivity contribution in [3.05, 3.63) is 64.3 Å². The van der Waals surface area contributed by atoms with Crippen LogP contribution in [0.2, 0.25) is 0 Å². The van der Waals surface area contributed by atoms with Crippen molar-refractivity contribution in [2.24, 2.45) is 11.8 Å². The number of para-hydroxylation sites is 1. The number of aryl methyl sites for hydroxylation is 2. The van der Waals surface area contributed by atoms with Crippen LogP contribution in [-0.4, -0.2) is 54.0 Å². The van der Waals surface area contributed by atoms with E-state index in [2.05, 4.69) is 24.4 Å². The highest BCUT2D eigenvalue weighted by atomic mass is 32.1. The summed E-state index contributed by atoms with van der Waals surface area (Å²) in [5.74, 6) is 1.69. The number of nitrogens with one attached hydrogen (secondary N) is 1. The molecule has 2 unspecified atom stereocenters. The maximum absolute atomic E-state index is 14.0. The molecular weight excluding hydrogens is 486 g/mol. The van der Waals surface area contributed by atoms with Gasteiger partial charge in [-0.3, -0.25) is 9.59 Å².